The largest absolute Gasteiger partial charge is 0.0843 e. The molecule has 1 rings (SSSR count). The Bertz CT molecular complexity index is 225. The summed E-state index contributed by atoms with van der Waals surface area (Å²) in [6.07, 6.45) is 2.13. The maximum Gasteiger partial charge on any atom is 0.0406 e. The van der Waals surface area contributed by atoms with E-state index in [0.29, 0.717) is 5.92 Å². The van der Waals surface area contributed by atoms with Gasteiger partial charge in [0.2, 0.25) is 0 Å². The Morgan fingerprint density at radius 1 is 1.33 bits per heavy atom. The van der Waals surface area contributed by atoms with Crippen LogP contribution in [0.1, 0.15) is 31.2 Å². The zero-order valence-electron chi connectivity index (χ0n) is 7.39. The molecular formula is C11H14Cl. The molecule has 1 atom stereocenters. The molecule has 0 aliphatic carbocycles. The first-order chi connectivity index (χ1) is 5.74. The number of benzene rings is 1. The van der Waals surface area contributed by atoms with Crippen molar-refractivity contribution in [2.24, 2.45) is 0 Å². The molecule has 0 spiro atoms. The Morgan fingerprint density at radius 2 is 1.92 bits per heavy atom. The fraction of sp³-hybridized carbons (Fsp3) is 0.364. The predicted molar refractivity (Wildman–Crippen MR) is 54.5 cm³/mol. The first kappa shape index (κ1) is 9.60. The van der Waals surface area contributed by atoms with Gasteiger partial charge in [-0.1, -0.05) is 44.0 Å². The first-order valence-electron chi connectivity index (χ1n) is 4.28. The van der Waals surface area contributed by atoms with Gasteiger partial charge in [0, 0.05) is 5.02 Å². The van der Waals surface area contributed by atoms with Gasteiger partial charge in [-0.15, -0.1) is 0 Å². The molecule has 0 saturated carbocycles. The molecule has 0 N–H and O–H groups in total. The molecule has 1 heteroatoms. The molecule has 0 saturated heterocycles. The van der Waals surface area contributed by atoms with E-state index < -0.39 is 0 Å². The molecule has 12 heavy (non-hydrogen) atoms. The van der Waals surface area contributed by atoms with Crippen LogP contribution in [0.3, 0.4) is 0 Å². The number of hydrogen-bond donors (Lipinski definition) is 0. The van der Waals surface area contributed by atoms with Crippen LogP contribution in [0.2, 0.25) is 5.02 Å². The van der Waals surface area contributed by atoms with E-state index in [-0.39, 0.29) is 0 Å². The second kappa shape index (κ2) is 4.51. The van der Waals surface area contributed by atoms with Crippen molar-refractivity contribution >= 4 is 11.6 Å². The second-order valence-corrected chi connectivity index (χ2v) is 3.53. The molecule has 0 aliphatic heterocycles. The summed E-state index contributed by atoms with van der Waals surface area (Å²) in [7, 11) is 0. The van der Waals surface area contributed by atoms with Crippen LogP contribution >= 0.6 is 11.6 Å². The van der Waals surface area contributed by atoms with Crippen LogP contribution < -0.4 is 0 Å². The monoisotopic (exact) mass is 181 g/mol. The minimum atomic E-state index is 0.597. The summed E-state index contributed by atoms with van der Waals surface area (Å²) in [4.78, 5) is 0. The lowest BCUT2D eigenvalue weighted by atomic mass is 9.97. The molecule has 0 nitrogen and oxygen atoms in total. The summed E-state index contributed by atoms with van der Waals surface area (Å²) < 4.78 is 0. The van der Waals surface area contributed by atoms with Gasteiger partial charge in [-0.05, 0) is 30.0 Å². The van der Waals surface area contributed by atoms with E-state index in [1.165, 1.54) is 5.56 Å². The highest BCUT2D eigenvalue weighted by Gasteiger charge is 2.02. The van der Waals surface area contributed by atoms with Crippen molar-refractivity contribution in [3.8, 4) is 0 Å². The van der Waals surface area contributed by atoms with Crippen molar-refractivity contribution in [3.63, 3.8) is 0 Å². The summed E-state index contributed by atoms with van der Waals surface area (Å²) in [5.41, 5.74) is 1.35. The minimum absolute atomic E-state index is 0.597. The van der Waals surface area contributed by atoms with E-state index in [1.54, 1.807) is 0 Å². The van der Waals surface area contributed by atoms with Gasteiger partial charge in [-0.2, -0.15) is 0 Å². The van der Waals surface area contributed by atoms with Crippen molar-refractivity contribution < 1.29 is 0 Å². The predicted octanol–water partition coefficient (Wildman–Crippen LogP) is 4.06. The molecular weight excluding hydrogens is 168 g/mol. The van der Waals surface area contributed by atoms with Gasteiger partial charge in [0.1, 0.15) is 0 Å². The normalized spacial score (nSPS) is 12.9. The maximum absolute atomic E-state index is 5.78. The van der Waals surface area contributed by atoms with Crippen molar-refractivity contribution in [3.05, 3.63) is 41.8 Å². The van der Waals surface area contributed by atoms with E-state index >= 15 is 0 Å². The van der Waals surface area contributed by atoms with Crippen LogP contribution in [-0.4, -0.2) is 0 Å². The quantitative estimate of drug-likeness (QED) is 0.660. The molecule has 1 aromatic rings. The lowest BCUT2D eigenvalue weighted by molar-refractivity contribution is 0.689. The van der Waals surface area contributed by atoms with Crippen LogP contribution in [-0.2, 0) is 0 Å². The summed E-state index contributed by atoms with van der Waals surface area (Å²) in [5, 5.41) is 0.806. The van der Waals surface area contributed by atoms with Gasteiger partial charge in [0.15, 0.2) is 0 Å². The van der Waals surface area contributed by atoms with E-state index in [1.807, 2.05) is 12.1 Å². The van der Waals surface area contributed by atoms with Gasteiger partial charge >= 0.3 is 0 Å². The van der Waals surface area contributed by atoms with E-state index in [9.17, 15) is 0 Å². The Kier molecular flexibility index (Phi) is 3.61. The van der Waals surface area contributed by atoms with Crippen LogP contribution in [0.4, 0.5) is 0 Å². The van der Waals surface area contributed by atoms with Gasteiger partial charge in [0.05, 0.1) is 0 Å². The molecule has 1 unspecified atom stereocenters. The number of hydrogen-bond acceptors (Lipinski definition) is 0. The van der Waals surface area contributed by atoms with Crippen LogP contribution in [0.25, 0.3) is 0 Å². The molecule has 65 valence electrons. The third kappa shape index (κ3) is 2.53. The lowest BCUT2D eigenvalue weighted by Crippen LogP contribution is -1.91. The van der Waals surface area contributed by atoms with Gasteiger partial charge in [-0.25, -0.2) is 0 Å². The summed E-state index contributed by atoms with van der Waals surface area (Å²) >= 11 is 5.78. The fourth-order valence-electron chi connectivity index (χ4n) is 1.26. The van der Waals surface area contributed by atoms with Crippen molar-refractivity contribution in [2.75, 3.05) is 0 Å². The Labute approximate surface area is 79.6 Å². The zero-order chi connectivity index (χ0) is 8.97. The second-order valence-electron chi connectivity index (χ2n) is 3.09. The SMILES string of the molecule is [CH2]CCC(C)c1ccc(Cl)cc1. The molecule has 0 aliphatic rings. The van der Waals surface area contributed by atoms with Gasteiger partial charge < -0.3 is 0 Å². The summed E-state index contributed by atoms with van der Waals surface area (Å²) in [5.74, 6) is 0.597. The van der Waals surface area contributed by atoms with Crippen LogP contribution in [0, 0.1) is 6.92 Å². The first-order valence-corrected chi connectivity index (χ1v) is 4.66. The lowest BCUT2D eigenvalue weighted by Gasteiger charge is -2.09. The standard InChI is InChI=1S/C11H14Cl/c1-3-4-9(2)10-5-7-11(12)8-6-10/h5-9H,1,3-4H2,2H3. The molecule has 0 heterocycles. The van der Waals surface area contributed by atoms with Crippen LogP contribution in [0.15, 0.2) is 24.3 Å². The van der Waals surface area contributed by atoms with E-state index in [2.05, 4.69) is 26.0 Å². The molecule has 0 fully saturated rings. The average Bonchev–Trinajstić information content (AvgIpc) is 2.06. The molecule has 1 radical (unpaired) electrons. The summed E-state index contributed by atoms with van der Waals surface area (Å²) in [6.45, 7) is 6.06. The summed E-state index contributed by atoms with van der Waals surface area (Å²) in [6, 6.07) is 8.05. The Balaban J connectivity index is 2.68. The third-order valence-corrected chi connectivity index (χ3v) is 2.33. The highest BCUT2D eigenvalue weighted by atomic mass is 35.5. The van der Waals surface area contributed by atoms with Gasteiger partial charge in [-0.3, -0.25) is 0 Å². The number of rotatable bonds is 3. The highest BCUT2D eigenvalue weighted by Crippen LogP contribution is 2.21. The Hall–Kier alpha value is -0.490. The maximum atomic E-state index is 5.78. The van der Waals surface area contributed by atoms with E-state index in [4.69, 9.17) is 11.6 Å². The van der Waals surface area contributed by atoms with Crippen molar-refractivity contribution in [1.82, 2.24) is 0 Å². The molecule has 0 amide bonds. The zero-order valence-corrected chi connectivity index (χ0v) is 8.14. The van der Waals surface area contributed by atoms with E-state index in [0.717, 1.165) is 17.9 Å². The highest BCUT2D eigenvalue weighted by molar-refractivity contribution is 6.30. The van der Waals surface area contributed by atoms with Gasteiger partial charge in [0.25, 0.3) is 0 Å². The topological polar surface area (TPSA) is 0 Å². The van der Waals surface area contributed by atoms with Crippen molar-refractivity contribution in [2.45, 2.75) is 25.7 Å². The van der Waals surface area contributed by atoms with Crippen LogP contribution in [0.5, 0.6) is 0 Å². The number of halogens is 1. The average molecular weight is 182 g/mol. The third-order valence-electron chi connectivity index (χ3n) is 2.08. The Morgan fingerprint density at radius 3 is 2.42 bits per heavy atom. The van der Waals surface area contributed by atoms with Crippen molar-refractivity contribution in [1.29, 1.82) is 0 Å². The molecule has 0 bridgehead atoms. The fourth-order valence-corrected chi connectivity index (χ4v) is 1.39. The molecule has 0 aromatic heterocycles. The minimum Gasteiger partial charge on any atom is -0.0843 e. The molecule has 1 aromatic carbocycles. The smallest absolute Gasteiger partial charge is 0.0406 e.